The van der Waals surface area contributed by atoms with E-state index < -0.39 is 17.9 Å². The molecule has 0 aromatic heterocycles. The van der Waals surface area contributed by atoms with E-state index in [2.05, 4.69) is 0 Å². The first kappa shape index (κ1) is 15.4. The zero-order valence-electron chi connectivity index (χ0n) is 11.5. The number of rotatable bonds is 3. The van der Waals surface area contributed by atoms with E-state index in [9.17, 15) is 9.90 Å². The Kier molecular flexibility index (Phi) is 4.88. The van der Waals surface area contributed by atoms with Gasteiger partial charge < -0.3 is 15.1 Å². The molecule has 0 spiro atoms. The minimum absolute atomic E-state index is 0.440. The van der Waals surface area contributed by atoms with Crippen molar-refractivity contribution in [3.05, 3.63) is 29.8 Å². The molecule has 0 fully saturated rings. The molecule has 19 heavy (non-hydrogen) atoms. The third-order valence-corrected chi connectivity index (χ3v) is 2.36. The van der Waals surface area contributed by atoms with E-state index in [1.807, 2.05) is 0 Å². The van der Waals surface area contributed by atoms with Crippen molar-refractivity contribution >= 4 is 11.8 Å². The lowest BCUT2D eigenvalue weighted by Gasteiger charge is -2.25. The fraction of sp³-hybridized carbons (Fsp3) is 0.462. The van der Waals surface area contributed by atoms with Gasteiger partial charge in [0, 0.05) is 12.7 Å². The summed E-state index contributed by atoms with van der Waals surface area (Å²) in [6.07, 6.45) is -1.69. The van der Waals surface area contributed by atoms with Crippen LogP contribution in [0.5, 0.6) is 0 Å². The summed E-state index contributed by atoms with van der Waals surface area (Å²) in [5.74, 6) is 0. The molecule has 0 radical (unpaired) electrons. The average Bonchev–Trinajstić information content (AvgIpc) is 2.35. The van der Waals surface area contributed by atoms with Crippen molar-refractivity contribution in [3.63, 3.8) is 0 Å². The van der Waals surface area contributed by atoms with Crippen molar-refractivity contribution in [1.29, 1.82) is 0 Å². The van der Waals surface area contributed by atoms with Crippen LogP contribution in [0.2, 0.25) is 0 Å². The number of carbonyl (C=O) groups excluding carboxylic acids is 1. The van der Waals surface area contributed by atoms with Crippen LogP contribution in [0.4, 0.5) is 10.5 Å². The van der Waals surface area contributed by atoms with Gasteiger partial charge in [-0.2, -0.15) is 5.48 Å². The Bertz CT molecular complexity index is 443. The van der Waals surface area contributed by atoms with Gasteiger partial charge in [0.15, 0.2) is 6.23 Å². The van der Waals surface area contributed by atoms with E-state index in [-0.39, 0.29) is 0 Å². The Morgan fingerprint density at radius 3 is 2.58 bits per heavy atom. The van der Waals surface area contributed by atoms with Gasteiger partial charge in [-0.1, -0.05) is 12.1 Å². The number of nitrogens with zero attached hydrogens (tertiary/aromatic N) is 1. The molecule has 1 amide bonds. The fourth-order valence-electron chi connectivity index (χ4n) is 1.41. The second-order valence-electron chi connectivity index (χ2n) is 5.17. The highest BCUT2D eigenvalue weighted by Gasteiger charge is 2.21. The van der Waals surface area contributed by atoms with Gasteiger partial charge >= 0.3 is 6.09 Å². The number of hydroxylamine groups is 1. The molecule has 1 rings (SSSR count). The molecule has 0 bridgehead atoms. The largest absolute Gasteiger partial charge is 0.443 e. The minimum Gasteiger partial charge on any atom is -0.443 e. The molecule has 0 aliphatic heterocycles. The van der Waals surface area contributed by atoms with Crippen LogP contribution in [-0.2, 0) is 4.74 Å². The van der Waals surface area contributed by atoms with Crippen LogP contribution in [-0.4, -0.2) is 29.1 Å². The van der Waals surface area contributed by atoms with E-state index in [1.54, 1.807) is 57.6 Å². The summed E-state index contributed by atoms with van der Waals surface area (Å²) in [4.78, 5) is 13.2. The van der Waals surface area contributed by atoms with E-state index >= 15 is 0 Å². The van der Waals surface area contributed by atoms with Crippen molar-refractivity contribution in [2.24, 2.45) is 0 Å². The Hall–Kier alpha value is -1.63. The number of amides is 1. The molecule has 0 aliphatic carbocycles. The molecule has 0 aliphatic rings. The van der Waals surface area contributed by atoms with Crippen molar-refractivity contribution in [3.8, 4) is 0 Å². The number of ether oxygens (including phenoxy) is 1. The molecule has 3 N–H and O–H groups in total. The minimum atomic E-state index is -1.20. The van der Waals surface area contributed by atoms with Gasteiger partial charge in [-0.05, 0) is 38.5 Å². The summed E-state index contributed by atoms with van der Waals surface area (Å²) < 4.78 is 5.24. The van der Waals surface area contributed by atoms with E-state index in [0.717, 1.165) is 0 Å². The van der Waals surface area contributed by atoms with Gasteiger partial charge in [-0.25, -0.2) is 4.79 Å². The van der Waals surface area contributed by atoms with Gasteiger partial charge in [-0.3, -0.25) is 4.90 Å². The lowest BCUT2D eigenvalue weighted by atomic mass is 10.1. The predicted molar refractivity (Wildman–Crippen MR) is 71.0 cm³/mol. The first-order valence-electron chi connectivity index (χ1n) is 5.89. The maximum atomic E-state index is 11.9. The highest BCUT2D eigenvalue weighted by atomic mass is 16.6. The van der Waals surface area contributed by atoms with Gasteiger partial charge in [-0.15, -0.1) is 0 Å². The monoisotopic (exact) mass is 268 g/mol. The molecule has 1 aromatic rings. The summed E-state index contributed by atoms with van der Waals surface area (Å²) in [5, 5.41) is 18.1. The van der Waals surface area contributed by atoms with Crippen molar-refractivity contribution < 1.29 is 19.8 Å². The Labute approximate surface area is 112 Å². The summed E-state index contributed by atoms with van der Waals surface area (Å²) in [6.45, 7) is 5.36. The Morgan fingerprint density at radius 2 is 2.05 bits per heavy atom. The second-order valence-corrected chi connectivity index (χ2v) is 5.17. The molecular formula is C13H20N2O4. The molecule has 0 saturated heterocycles. The van der Waals surface area contributed by atoms with Gasteiger partial charge in [0.1, 0.15) is 5.60 Å². The Morgan fingerprint density at radius 1 is 1.42 bits per heavy atom. The van der Waals surface area contributed by atoms with E-state index in [1.165, 1.54) is 4.90 Å². The number of nitrogens with one attached hydrogen (secondary N) is 1. The first-order chi connectivity index (χ1) is 8.74. The smallest absolute Gasteiger partial charge is 0.414 e. The molecule has 1 unspecified atom stereocenters. The normalized spacial score (nSPS) is 12.9. The van der Waals surface area contributed by atoms with Gasteiger partial charge in [0.25, 0.3) is 0 Å². The third kappa shape index (κ3) is 4.51. The lowest BCUT2D eigenvalue weighted by molar-refractivity contribution is 0.000714. The van der Waals surface area contributed by atoms with Crippen LogP contribution in [0.25, 0.3) is 0 Å². The van der Waals surface area contributed by atoms with Crippen molar-refractivity contribution in [1.82, 2.24) is 5.48 Å². The number of carbonyl (C=O) groups is 1. The Balaban J connectivity index is 2.88. The number of aliphatic hydroxyl groups is 1. The number of anilines is 1. The second kappa shape index (κ2) is 6.01. The molecule has 6 nitrogen and oxygen atoms in total. The third-order valence-electron chi connectivity index (χ3n) is 2.36. The predicted octanol–water partition coefficient (Wildman–Crippen LogP) is 2.03. The number of aliphatic hydroxyl groups excluding tert-OH is 1. The maximum absolute atomic E-state index is 11.9. The highest BCUT2D eigenvalue weighted by molar-refractivity contribution is 5.87. The van der Waals surface area contributed by atoms with Crippen LogP contribution in [0.15, 0.2) is 24.3 Å². The average molecular weight is 268 g/mol. The standard InChI is InChI=1S/C13H20N2O4/c1-13(2,3)19-12(17)15(4)10-7-5-6-9(8-10)11(16)14-18/h5-8,11,14,16,18H,1-4H3. The summed E-state index contributed by atoms with van der Waals surface area (Å²) >= 11 is 0. The SMILES string of the molecule is CN(C(=O)OC(C)(C)C)c1cccc(C(O)NO)c1. The van der Waals surface area contributed by atoms with Crippen LogP contribution >= 0.6 is 0 Å². The van der Waals surface area contributed by atoms with Gasteiger partial charge in [0.05, 0.1) is 0 Å². The maximum Gasteiger partial charge on any atom is 0.414 e. The summed E-state index contributed by atoms with van der Waals surface area (Å²) in [7, 11) is 1.58. The molecular weight excluding hydrogens is 248 g/mol. The molecule has 1 aromatic carbocycles. The molecule has 6 heteroatoms. The van der Waals surface area contributed by atoms with E-state index in [4.69, 9.17) is 9.94 Å². The van der Waals surface area contributed by atoms with Crippen LogP contribution in [0, 0.1) is 0 Å². The van der Waals surface area contributed by atoms with Gasteiger partial charge in [0.2, 0.25) is 0 Å². The van der Waals surface area contributed by atoms with Crippen molar-refractivity contribution in [2.75, 3.05) is 11.9 Å². The first-order valence-corrected chi connectivity index (χ1v) is 5.89. The highest BCUT2D eigenvalue weighted by Crippen LogP contribution is 2.20. The molecule has 0 saturated carbocycles. The number of benzene rings is 1. The molecule has 0 heterocycles. The number of hydrogen-bond donors (Lipinski definition) is 3. The topological polar surface area (TPSA) is 82.0 Å². The van der Waals surface area contributed by atoms with Crippen LogP contribution in [0.3, 0.4) is 0 Å². The fourth-order valence-corrected chi connectivity index (χ4v) is 1.41. The summed E-state index contributed by atoms with van der Waals surface area (Å²) in [5.41, 5.74) is 2.16. The van der Waals surface area contributed by atoms with Crippen LogP contribution in [0.1, 0.15) is 32.6 Å². The summed E-state index contributed by atoms with van der Waals surface area (Å²) in [6, 6.07) is 6.59. The quantitative estimate of drug-likeness (QED) is 0.577. The lowest BCUT2D eigenvalue weighted by Crippen LogP contribution is -2.34. The zero-order chi connectivity index (χ0) is 14.6. The molecule has 1 atom stereocenters. The van der Waals surface area contributed by atoms with Crippen LogP contribution < -0.4 is 10.4 Å². The number of hydrogen-bond acceptors (Lipinski definition) is 5. The van der Waals surface area contributed by atoms with E-state index in [0.29, 0.717) is 11.3 Å². The van der Waals surface area contributed by atoms with Crippen molar-refractivity contribution in [2.45, 2.75) is 32.6 Å². The molecule has 106 valence electrons. The zero-order valence-corrected chi connectivity index (χ0v) is 11.5.